The summed E-state index contributed by atoms with van der Waals surface area (Å²) < 4.78 is 0. The van der Waals surface area contributed by atoms with Crippen LogP contribution >= 0.6 is 0 Å². The van der Waals surface area contributed by atoms with Crippen molar-refractivity contribution in [1.29, 1.82) is 0 Å². The second kappa shape index (κ2) is 7.40. The second-order valence-electron chi connectivity index (χ2n) is 9.06. The molecule has 0 spiro atoms. The van der Waals surface area contributed by atoms with E-state index in [4.69, 9.17) is 0 Å². The van der Waals surface area contributed by atoms with E-state index in [0.29, 0.717) is 23.8 Å². The molecule has 0 radical (unpaired) electrons. The van der Waals surface area contributed by atoms with Gasteiger partial charge in [0.05, 0.1) is 12.2 Å². The van der Waals surface area contributed by atoms with Crippen molar-refractivity contribution in [2.45, 2.75) is 84.3 Å². The number of rotatable bonds is 3. The van der Waals surface area contributed by atoms with E-state index in [1.54, 1.807) is 5.57 Å². The Morgan fingerprint density at radius 1 is 1.20 bits per heavy atom. The van der Waals surface area contributed by atoms with Crippen LogP contribution in [-0.4, -0.2) is 22.4 Å². The molecule has 3 aliphatic rings. The van der Waals surface area contributed by atoms with E-state index >= 15 is 0 Å². The molecule has 3 aliphatic carbocycles. The Hall–Kier alpha value is -0.860. The molecule has 0 aromatic heterocycles. The third kappa shape index (κ3) is 3.53. The SMILES string of the molecule is C=C1[C@H](O)CC(=C/C=C2\CCC[C@@]3(C)C2CCC3[C@H](C)CC)C[C@H]1O. The highest BCUT2D eigenvalue weighted by Gasteiger charge is 2.50. The van der Waals surface area contributed by atoms with E-state index in [1.807, 2.05) is 0 Å². The molecule has 0 aromatic rings. The van der Waals surface area contributed by atoms with Crippen molar-refractivity contribution in [2.75, 3.05) is 0 Å². The van der Waals surface area contributed by atoms with Gasteiger partial charge in [0.25, 0.3) is 0 Å². The van der Waals surface area contributed by atoms with Gasteiger partial charge in [-0.05, 0) is 73.7 Å². The van der Waals surface area contributed by atoms with Gasteiger partial charge in [-0.3, -0.25) is 0 Å². The highest BCUT2D eigenvalue weighted by Crippen LogP contribution is 2.59. The molecule has 2 unspecified atom stereocenters. The predicted octanol–water partition coefficient (Wildman–Crippen LogP) is 5.17. The van der Waals surface area contributed by atoms with Gasteiger partial charge in [-0.2, -0.15) is 0 Å². The molecule has 0 aliphatic heterocycles. The van der Waals surface area contributed by atoms with Gasteiger partial charge < -0.3 is 10.2 Å². The van der Waals surface area contributed by atoms with Crippen molar-refractivity contribution in [1.82, 2.24) is 0 Å². The quantitative estimate of drug-likeness (QED) is 0.693. The Labute approximate surface area is 153 Å². The number of hydrogen-bond acceptors (Lipinski definition) is 2. The van der Waals surface area contributed by atoms with E-state index in [-0.39, 0.29) is 0 Å². The summed E-state index contributed by atoms with van der Waals surface area (Å²) in [5, 5.41) is 20.1. The molecule has 3 saturated carbocycles. The molecule has 0 saturated heterocycles. The minimum atomic E-state index is -0.591. The zero-order chi connectivity index (χ0) is 18.2. The molecule has 2 nitrogen and oxygen atoms in total. The molecule has 25 heavy (non-hydrogen) atoms. The second-order valence-corrected chi connectivity index (χ2v) is 9.06. The van der Waals surface area contributed by atoms with Crippen molar-refractivity contribution < 1.29 is 10.2 Å². The molecule has 0 amide bonds. The van der Waals surface area contributed by atoms with Crippen LogP contribution in [0.2, 0.25) is 0 Å². The zero-order valence-corrected chi connectivity index (χ0v) is 16.3. The van der Waals surface area contributed by atoms with E-state index < -0.39 is 12.2 Å². The normalized spacial score (nSPS) is 41.7. The fraction of sp³-hybridized carbons (Fsp3) is 0.739. The summed E-state index contributed by atoms with van der Waals surface area (Å²) in [4.78, 5) is 0. The standard InChI is InChI=1S/C23H36O2/c1-5-15(2)19-10-11-20-18(7-6-12-23(19,20)4)9-8-17-13-21(24)16(3)22(25)14-17/h8-9,15,19-22,24-25H,3,5-7,10-14H2,1-2,4H3/b18-9+/t15-,19?,20?,21-,22-,23-/m1/s1. The van der Waals surface area contributed by atoms with Crippen molar-refractivity contribution >= 4 is 0 Å². The summed E-state index contributed by atoms with van der Waals surface area (Å²) in [6, 6.07) is 0. The van der Waals surface area contributed by atoms with E-state index in [2.05, 4.69) is 39.5 Å². The summed E-state index contributed by atoms with van der Waals surface area (Å²) in [6.07, 6.45) is 12.5. The molecule has 0 bridgehead atoms. The van der Waals surface area contributed by atoms with Crippen LogP contribution in [0.5, 0.6) is 0 Å². The maximum absolute atomic E-state index is 10.0. The van der Waals surface area contributed by atoms with Crippen molar-refractivity contribution in [2.24, 2.45) is 23.2 Å². The molecule has 3 rings (SSSR count). The Morgan fingerprint density at radius 2 is 1.88 bits per heavy atom. The predicted molar refractivity (Wildman–Crippen MR) is 104 cm³/mol. The summed E-state index contributed by atoms with van der Waals surface area (Å²) in [6.45, 7) is 11.1. The lowest BCUT2D eigenvalue weighted by atomic mass is 9.61. The number of aliphatic hydroxyl groups is 2. The minimum absolute atomic E-state index is 0.470. The summed E-state index contributed by atoms with van der Waals surface area (Å²) in [7, 11) is 0. The number of allylic oxidation sites excluding steroid dienone is 3. The monoisotopic (exact) mass is 344 g/mol. The van der Waals surface area contributed by atoms with Crippen LogP contribution in [-0.2, 0) is 0 Å². The number of fused-ring (bicyclic) bond motifs is 1. The van der Waals surface area contributed by atoms with Gasteiger partial charge in [0.15, 0.2) is 0 Å². The van der Waals surface area contributed by atoms with Gasteiger partial charge in [0.1, 0.15) is 0 Å². The van der Waals surface area contributed by atoms with Crippen LogP contribution < -0.4 is 0 Å². The van der Waals surface area contributed by atoms with E-state index in [9.17, 15) is 10.2 Å². The molecule has 2 heteroatoms. The first-order valence-electron chi connectivity index (χ1n) is 10.3. The average Bonchev–Trinajstić information content (AvgIpc) is 2.94. The van der Waals surface area contributed by atoms with Gasteiger partial charge in [0, 0.05) is 0 Å². The van der Waals surface area contributed by atoms with Crippen LogP contribution in [0.25, 0.3) is 0 Å². The summed E-state index contributed by atoms with van der Waals surface area (Å²) >= 11 is 0. The lowest BCUT2D eigenvalue weighted by Crippen LogP contribution is -2.35. The van der Waals surface area contributed by atoms with Crippen LogP contribution in [0.3, 0.4) is 0 Å². The van der Waals surface area contributed by atoms with Crippen LogP contribution in [0, 0.1) is 23.2 Å². The van der Waals surface area contributed by atoms with E-state index in [0.717, 1.165) is 23.3 Å². The van der Waals surface area contributed by atoms with Gasteiger partial charge in [-0.15, -0.1) is 0 Å². The fourth-order valence-corrected chi connectivity index (χ4v) is 5.92. The highest BCUT2D eigenvalue weighted by molar-refractivity contribution is 5.29. The third-order valence-electron chi connectivity index (χ3n) is 7.67. The molecule has 6 atom stereocenters. The summed E-state index contributed by atoms with van der Waals surface area (Å²) in [5.41, 5.74) is 3.81. The fourth-order valence-electron chi connectivity index (χ4n) is 5.92. The number of aliphatic hydroxyl groups excluding tert-OH is 2. The first kappa shape index (κ1) is 18.9. The zero-order valence-electron chi connectivity index (χ0n) is 16.3. The molecule has 0 aromatic carbocycles. The Bertz CT molecular complexity index is 557. The molecular weight excluding hydrogens is 308 g/mol. The molecule has 140 valence electrons. The Balaban J connectivity index is 1.78. The third-order valence-corrected chi connectivity index (χ3v) is 7.67. The van der Waals surface area contributed by atoms with Gasteiger partial charge in [0.2, 0.25) is 0 Å². The lowest BCUT2D eigenvalue weighted by Gasteiger charge is -2.44. The van der Waals surface area contributed by atoms with Crippen molar-refractivity contribution in [3.8, 4) is 0 Å². The average molecular weight is 345 g/mol. The van der Waals surface area contributed by atoms with E-state index in [1.165, 1.54) is 38.5 Å². The van der Waals surface area contributed by atoms with Gasteiger partial charge >= 0.3 is 0 Å². The first-order chi connectivity index (χ1) is 11.9. The van der Waals surface area contributed by atoms with Gasteiger partial charge in [-0.1, -0.05) is 57.1 Å². The van der Waals surface area contributed by atoms with Gasteiger partial charge in [-0.25, -0.2) is 0 Å². The minimum Gasteiger partial charge on any atom is -0.388 e. The Kier molecular flexibility index (Phi) is 5.60. The van der Waals surface area contributed by atoms with Crippen molar-refractivity contribution in [3.63, 3.8) is 0 Å². The topological polar surface area (TPSA) is 40.5 Å². The number of hydrogen-bond donors (Lipinski definition) is 2. The highest BCUT2D eigenvalue weighted by atomic mass is 16.3. The van der Waals surface area contributed by atoms with Crippen LogP contribution in [0.4, 0.5) is 0 Å². The van der Waals surface area contributed by atoms with Crippen molar-refractivity contribution in [3.05, 3.63) is 35.5 Å². The smallest absolute Gasteiger partial charge is 0.0809 e. The lowest BCUT2D eigenvalue weighted by molar-refractivity contribution is 0.0961. The molecule has 3 fully saturated rings. The molecule has 2 N–H and O–H groups in total. The largest absolute Gasteiger partial charge is 0.388 e. The van der Waals surface area contributed by atoms with Crippen LogP contribution in [0.1, 0.15) is 72.1 Å². The molecule has 0 heterocycles. The maximum atomic E-state index is 10.0. The summed E-state index contributed by atoms with van der Waals surface area (Å²) in [5.74, 6) is 2.41. The van der Waals surface area contributed by atoms with Crippen LogP contribution in [0.15, 0.2) is 35.5 Å². The Morgan fingerprint density at radius 3 is 2.52 bits per heavy atom. The first-order valence-corrected chi connectivity index (χ1v) is 10.3. The maximum Gasteiger partial charge on any atom is 0.0809 e. The molecular formula is C23H36O2.